The Bertz CT molecular complexity index is 649. The molecule has 0 unspecified atom stereocenters. The minimum atomic E-state index is -0.354. The number of aryl methyl sites for hydroxylation is 1. The summed E-state index contributed by atoms with van der Waals surface area (Å²) in [5.41, 5.74) is 1.65. The van der Waals surface area contributed by atoms with E-state index in [-0.39, 0.29) is 30.3 Å². The van der Waals surface area contributed by atoms with E-state index in [1.54, 1.807) is 4.90 Å². The molecule has 0 aliphatic carbocycles. The van der Waals surface area contributed by atoms with Crippen molar-refractivity contribution in [3.8, 4) is 0 Å². The van der Waals surface area contributed by atoms with Crippen molar-refractivity contribution in [3.05, 3.63) is 35.4 Å². The molecule has 0 spiro atoms. The molecule has 1 aliphatic heterocycles. The largest absolute Gasteiger partial charge is 0.455 e. The molecular formula is C20H28N2O4. The van der Waals surface area contributed by atoms with Gasteiger partial charge in [0.25, 0.3) is 11.8 Å². The van der Waals surface area contributed by atoms with Crippen molar-refractivity contribution in [1.29, 1.82) is 0 Å². The summed E-state index contributed by atoms with van der Waals surface area (Å²) < 4.78 is 5.12. The van der Waals surface area contributed by atoms with Crippen LogP contribution in [0.5, 0.6) is 0 Å². The Hall–Kier alpha value is -2.37. The van der Waals surface area contributed by atoms with Gasteiger partial charge < -0.3 is 15.0 Å². The van der Waals surface area contributed by atoms with Crippen molar-refractivity contribution < 1.29 is 19.1 Å². The molecule has 6 nitrogen and oxygen atoms in total. The van der Waals surface area contributed by atoms with Gasteiger partial charge in [-0.1, -0.05) is 32.0 Å². The van der Waals surface area contributed by atoms with Gasteiger partial charge in [-0.3, -0.25) is 14.4 Å². The van der Waals surface area contributed by atoms with Crippen molar-refractivity contribution in [2.75, 3.05) is 26.2 Å². The van der Waals surface area contributed by atoms with Crippen molar-refractivity contribution in [1.82, 2.24) is 10.2 Å². The number of hydrogen-bond donors (Lipinski definition) is 1. The van der Waals surface area contributed by atoms with Crippen LogP contribution < -0.4 is 5.32 Å². The molecule has 2 rings (SSSR count). The van der Waals surface area contributed by atoms with E-state index < -0.39 is 0 Å². The van der Waals surface area contributed by atoms with Gasteiger partial charge in [-0.2, -0.15) is 0 Å². The summed E-state index contributed by atoms with van der Waals surface area (Å²) in [4.78, 5) is 38.1. The summed E-state index contributed by atoms with van der Waals surface area (Å²) in [6, 6.07) is 7.51. The van der Waals surface area contributed by atoms with Gasteiger partial charge in [-0.05, 0) is 37.3 Å². The van der Waals surface area contributed by atoms with Crippen LogP contribution in [-0.2, 0) is 14.3 Å². The highest BCUT2D eigenvalue weighted by molar-refractivity contribution is 5.95. The van der Waals surface area contributed by atoms with Gasteiger partial charge >= 0.3 is 5.97 Å². The Morgan fingerprint density at radius 1 is 1.19 bits per heavy atom. The highest BCUT2D eigenvalue weighted by Gasteiger charge is 2.29. The Balaban J connectivity index is 1.77. The summed E-state index contributed by atoms with van der Waals surface area (Å²) in [5.74, 6) is -0.534. The van der Waals surface area contributed by atoms with E-state index >= 15 is 0 Å². The minimum Gasteiger partial charge on any atom is -0.455 e. The van der Waals surface area contributed by atoms with Gasteiger partial charge in [-0.15, -0.1) is 0 Å². The number of likely N-dealkylation sites (tertiary alicyclic amines) is 1. The van der Waals surface area contributed by atoms with Crippen LogP contribution in [0.4, 0.5) is 0 Å². The standard InChI is InChI=1S/C20H28N2O4/c1-14(2)12-21-18(23)13-26-20(25)16-8-10-22(11-9-16)19(24)17-7-5-4-6-15(17)3/h4-7,14,16H,8-13H2,1-3H3,(H,21,23). The quantitative estimate of drug-likeness (QED) is 0.789. The van der Waals surface area contributed by atoms with E-state index in [1.807, 2.05) is 45.0 Å². The molecule has 0 bridgehead atoms. The summed E-state index contributed by atoms with van der Waals surface area (Å²) in [7, 11) is 0. The Labute approximate surface area is 154 Å². The number of ether oxygens (including phenoxy) is 1. The van der Waals surface area contributed by atoms with E-state index in [2.05, 4.69) is 5.32 Å². The Kier molecular flexibility index (Phi) is 7.18. The monoisotopic (exact) mass is 360 g/mol. The van der Waals surface area contributed by atoms with Crippen LogP contribution in [-0.4, -0.2) is 48.9 Å². The third-order valence-electron chi connectivity index (χ3n) is 4.54. The number of amides is 2. The first-order valence-corrected chi connectivity index (χ1v) is 9.16. The predicted octanol–water partition coefficient (Wildman–Crippen LogP) is 2.16. The number of hydrogen-bond acceptors (Lipinski definition) is 4. The van der Waals surface area contributed by atoms with Crippen LogP contribution in [0.25, 0.3) is 0 Å². The molecule has 6 heteroatoms. The molecule has 142 valence electrons. The summed E-state index contributed by atoms with van der Waals surface area (Å²) in [6.07, 6.45) is 1.12. The fraction of sp³-hybridized carbons (Fsp3) is 0.550. The lowest BCUT2D eigenvalue weighted by atomic mass is 9.96. The fourth-order valence-electron chi connectivity index (χ4n) is 2.93. The third kappa shape index (κ3) is 5.58. The van der Waals surface area contributed by atoms with E-state index in [0.29, 0.717) is 44.0 Å². The van der Waals surface area contributed by atoms with Crippen LogP contribution in [0.2, 0.25) is 0 Å². The van der Waals surface area contributed by atoms with Gasteiger partial charge in [0, 0.05) is 25.2 Å². The first-order valence-electron chi connectivity index (χ1n) is 9.16. The molecule has 1 N–H and O–H groups in total. The average molecular weight is 360 g/mol. The second-order valence-electron chi connectivity index (χ2n) is 7.19. The highest BCUT2D eigenvalue weighted by Crippen LogP contribution is 2.21. The van der Waals surface area contributed by atoms with Crippen LogP contribution in [0, 0.1) is 18.8 Å². The number of nitrogens with one attached hydrogen (secondary N) is 1. The maximum absolute atomic E-state index is 12.6. The van der Waals surface area contributed by atoms with Crippen molar-refractivity contribution in [2.24, 2.45) is 11.8 Å². The molecule has 1 fully saturated rings. The zero-order chi connectivity index (χ0) is 19.1. The number of piperidine rings is 1. The average Bonchev–Trinajstić information content (AvgIpc) is 2.64. The normalized spacial score (nSPS) is 15.0. The first-order chi connectivity index (χ1) is 12.4. The zero-order valence-corrected chi connectivity index (χ0v) is 15.8. The number of nitrogens with zero attached hydrogens (tertiary/aromatic N) is 1. The van der Waals surface area contributed by atoms with Crippen LogP contribution in [0.1, 0.15) is 42.6 Å². The van der Waals surface area contributed by atoms with Gasteiger partial charge in [0.15, 0.2) is 6.61 Å². The topological polar surface area (TPSA) is 75.7 Å². The van der Waals surface area contributed by atoms with Crippen LogP contribution in [0.15, 0.2) is 24.3 Å². The summed E-state index contributed by atoms with van der Waals surface area (Å²) in [6.45, 7) is 7.28. The molecule has 1 aliphatic rings. The van der Waals surface area contributed by atoms with Gasteiger partial charge in [0.1, 0.15) is 0 Å². The van der Waals surface area contributed by atoms with Gasteiger partial charge in [-0.25, -0.2) is 0 Å². The number of esters is 1. The number of carbonyl (C=O) groups excluding carboxylic acids is 3. The maximum Gasteiger partial charge on any atom is 0.309 e. The molecule has 26 heavy (non-hydrogen) atoms. The van der Waals surface area contributed by atoms with E-state index in [9.17, 15) is 14.4 Å². The molecule has 0 aromatic heterocycles. The second-order valence-corrected chi connectivity index (χ2v) is 7.19. The van der Waals surface area contributed by atoms with E-state index in [0.717, 1.165) is 5.56 Å². The number of carbonyl (C=O) groups is 3. The lowest BCUT2D eigenvalue weighted by molar-refractivity contribution is -0.153. The smallest absolute Gasteiger partial charge is 0.309 e. The predicted molar refractivity (Wildman–Crippen MR) is 98.6 cm³/mol. The molecular weight excluding hydrogens is 332 g/mol. The molecule has 0 atom stereocenters. The van der Waals surface area contributed by atoms with Crippen molar-refractivity contribution >= 4 is 17.8 Å². The molecule has 1 aromatic carbocycles. The molecule has 1 heterocycles. The van der Waals surface area contributed by atoms with Gasteiger partial charge in [0.05, 0.1) is 5.92 Å². The number of benzene rings is 1. The SMILES string of the molecule is Cc1ccccc1C(=O)N1CCC(C(=O)OCC(=O)NCC(C)C)CC1. The maximum atomic E-state index is 12.6. The molecule has 1 aromatic rings. The Morgan fingerprint density at radius 2 is 1.85 bits per heavy atom. The van der Waals surface area contributed by atoms with Crippen LogP contribution in [0.3, 0.4) is 0 Å². The van der Waals surface area contributed by atoms with E-state index in [4.69, 9.17) is 4.74 Å². The molecule has 2 amide bonds. The van der Waals surface area contributed by atoms with Gasteiger partial charge in [0.2, 0.25) is 0 Å². The first kappa shape index (κ1) is 19.9. The highest BCUT2D eigenvalue weighted by atomic mass is 16.5. The summed E-state index contributed by atoms with van der Waals surface area (Å²) >= 11 is 0. The third-order valence-corrected chi connectivity index (χ3v) is 4.54. The lowest BCUT2D eigenvalue weighted by Gasteiger charge is -2.31. The molecule has 1 saturated heterocycles. The minimum absolute atomic E-state index is 0.00276. The zero-order valence-electron chi connectivity index (χ0n) is 15.8. The molecule has 0 radical (unpaired) electrons. The number of rotatable bonds is 6. The van der Waals surface area contributed by atoms with Crippen molar-refractivity contribution in [2.45, 2.75) is 33.6 Å². The van der Waals surface area contributed by atoms with Crippen LogP contribution >= 0.6 is 0 Å². The second kappa shape index (κ2) is 9.36. The summed E-state index contributed by atoms with van der Waals surface area (Å²) in [5, 5.41) is 2.72. The fourth-order valence-corrected chi connectivity index (χ4v) is 2.93. The lowest BCUT2D eigenvalue weighted by Crippen LogP contribution is -2.41. The van der Waals surface area contributed by atoms with Crippen molar-refractivity contribution in [3.63, 3.8) is 0 Å². The Morgan fingerprint density at radius 3 is 2.46 bits per heavy atom. The van der Waals surface area contributed by atoms with E-state index in [1.165, 1.54) is 0 Å². The molecule has 0 saturated carbocycles.